The van der Waals surface area contributed by atoms with Gasteiger partial charge in [-0.1, -0.05) is 13.0 Å². The van der Waals surface area contributed by atoms with Crippen LogP contribution in [0.2, 0.25) is 0 Å². The number of aryl methyl sites for hydroxylation is 1. The standard InChI is InChI=1S/C16H25N3/c1-2-14-4-5-15(18-10-14)11-19-9-7-16(13-19)6-3-8-17-12-16/h4-5,10,17H,2-3,6-9,11-13H2,1H3/t16-/m0/s1. The van der Waals surface area contributed by atoms with Gasteiger partial charge in [-0.3, -0.25) is 9.88 Å². The maximum Gasteiger partial charge on any atom is 0.0544 e. The fourth-order valence-electron chi connectivity index (χ4n) is 3.53. The summed E-state index contributed by atoms with van der Waals surface area (Å²) >= 11 is 0. The summed E-state index contributed by atoms with van der Waals surface area (Å²) in [7, 11) is 0. The molecule has 3 heterocycles. The van der Waals surface area contributed by atoms with Crippen LogP contribution in [0.15, 0.2) is 18.3 Å². The quantitative estimate of drug-likeness (QED) is 0.902. The van der Waals surface area contributed by atoms with Gasteiger partial charge in [0.25, 0.3) is 0 Å². The van der Waals surface area contributed by atoms with Gasteiger partial charge in [-0.25, -0.2) is 0 Å². The molecule has 3 rings (SSSR count). The molecule has 0 aliphatic carbocycles. The molecule has 0 amide bonds. The van der Waals surface area contributed by atoms with Crippen LogP contribution in [-0.4, -0.2) is 36.1 Å². The van der Waals surface area contributed by atoms with Crippen molar-refractivity contribution in [3.8, 4) is 0 Å². The maximum absolute atomic E-state index is 4.59. The monoisotopic (exact) mass is 259 g/mol. The number of piperidine rings is 1. The minimum atomic E-state index is 0.557. The van der Waals surface area contributed by atoms with Crippen LogP contribution in [0.5, 0.6) is 0 Å². The van der Waals surface area contributed by atoms with E-state index >= 15 is 0 Å². The molecule has 1 spiro atoms. The lowest BCUT2D eigenvalue weighted by atomic mass is 9.80. The molecule has 1 atom stereocenters. The molecule has 104 valence electrons. The Balaban J connectivity index is 1.58. The molecule has 1 aromatic heterocycles. The zero-order valence-electron chi connectivity index (χ0n) is 12.0. The van der Waals surface area contributed by atoms with Gasteiger partial charge >= 0.3 is 0 Å². The summed E-state index contributed by atoms with van der Waals surface area (Å²) < 4.78 is 0. The van der Waals surface area contributed by atoms with E-state index in [4.69, 9.17) is 0 Å². The summed E-state index contributed by atoms with van der Waals surface area (Å²) in [6.45, 7) is 8.10. The van der Waals surface area contributed by atoms with E-state index in [0.717, 1.165) is 13.0 Å². The first-order valence-electron chi connectivity index (χ1n) is 7.67. The second-order valence-corrected chi connectivity index (χ2v) is 6.25. The van der Waals surface area contributed by atoms with Crippen molar-refractivity contribution in [3.05, 3.63) is 29.6 Å². The molecule has 19 heavy (non-hydrogen) atoms. The highest BCUT2D eigenvalue weighted by Crippen LogP contribution is 2.36. The van der Waals surface area contributed by atoms with Gasteiger partial charge in [0.2, 0.25) is 0 Å². The van der Waals surface area contributed by atoms with Crippen LogP contribution in [0.3, 0.4) is 0 Å². The van der Waals surface area contributed by atoms with Gasteiger partial charge in [0, 0.05) is 25.8 Å². The number of nitrogens with zero attached hydrogens (tertiary/aromatic N) is 2. The molecule has 0 saturated carbocycles. The van der Waals surface area contributed by atoms with Crippen LogP contribution in [0.25, 0.3) is 0 Å². The third-order valence-corrected chi connectivity index (χ3v) is 4.76. The van der Waals surface area contributed by atoms with Crippen molar-refractivity contribution in [1.29, 1.82) is 0 Å². The molecule has 0 aromatic carbocycles. The molecule has 2 aliphatic rings. The van der Waals surface area contributed by atoms with E-state index in [1.807, 2.05) is 6.20 Å². The zero-order valence-corrected chi connectivity index (χ0v) is 12.0. The average molecular weight is 259 g/mol. The van der Waals surface area contributed by atoms with Gasteiger partial charge < -0.3 is 5.32 Å². The largest absolute Gasteiger partial charge is 0.316 e. The number of hydrogen-bond acceptors (Lipinski definition) is 3. The van der Waals surface area contributed by atoms with Gasteiger partial charge in [-0.05, 0) is 55.8 Å². The molecule has 3 nitrogen and oxygen atoms in total. The normalized spacial score (nSPS) is 28.1. The number of hydrogen-bond donors (Lipinski definition) is 1. The van der Waals surface area contributed by atoms with Crippen LogP contribution in [0.1, 0.15) is 37.4 Å². The minimum Gasteiger partial charge on any atom is -0.316 e. The first-order chi connectivity index (χ1) is 9.30. The Morgan fingerprint density at radius 1 is 1.37 bits per heavy atom. The van der Waals surface area contributed by atoms with Gasteiger partial charge in [0.05, 0.1) is 5.69 Å². The molecular formula is C16H25N3. The molecule has 0 radical (unpaired) electrons. The Hall–Kier alpha value is -0.930. The maximum atomic E-state index is 4.59. The predicted molar refractivity (Wildman–Crippen MR) is 78.0 cm³/mol. The Labute approximate surface area is 116 Å². The number of pyridine rings is 1. The van der Waals surface area contributed by atoms with Crippen molar-refractivity contribution in [3.63, 3.8) is 0 Å². The van der Waals surface area contributed by atoms with E-state index in [9.17, 15) is 0 Å². The lowest BCUT2D eigenvalue weighted by molar-refractivity contribution is 0.199. The highest BCUT2D eigenvalue weighted by atomic mass is 15.2. The number of likely N-dealkylation sites (tertiary alicyclic amines) is 1. The molecule has 2 aliphatic heterocycles. The fraction of sp³-hybridized carbons (Fsp3) is 0.688. The van der Waals surface area contributed by atoms with Crippen LogP contribution in [0, 0.1) is 5.41 Å². The van der Waals surface area contributed by atoms with E-state index in [2.05, 4.69) is 34.3 Å². The van der Waals surface area contributed by atoms with Crippen LogP contribution < -0.4 is 5.32 Å². The lowest BCUT2D eigenvalue weighted by Gasteiger charge is -2.34. The number of nitrogens with one attached hydrogen (secondary N) is 1. The molecule has 1 N–H and O–H groups in total. The van der Waals surface area contributed by atoms with Crippen LogP contribution >= 0.6 is 0 Å². The van der Waals surface area contributed by atoms with E-state index < -0.39 is 0 Å². The average Bonchev–Trinajstić information content (AvgIpc) is 2.83. The molecule has 0 bridgehead atoms. The van der Waals surface area contributed by atoms with Crippen molar-refractivity contribution in [1.82, 2.24) is 15.2 Å². The first-order valence-corrected chi connectivity index (χ1v) is 7.67. The highest BCUT2D eigenvalue weighted by Gasteiger charge is 2.38. The number of rotatable bonds is 3. The summed E-state index contributed by atoms with van der Waals surface area (Å²) in [5.74, 6) is 0. The summed E-state index contributed by atoms with van der Waals surface area (Å²) in [6.07, 6.45) is 7.21. The zero-order chi connectivity index (χ0) is 13.1. The summed E-state index contributed by atoms with van der Waals surface area (Å²) in [5, 5.41) is 3.57. The Kier molecular flexibility index (Phi) is 3.85. The van der Waals surface area contributed by atoms with E-state index in [0.29, 0.717) is 5.41 Å². The van der Waals surface area contributed by atoms with Crippen molar-refractivity contribution in [2.45, 2.75) is 39.2 Å². The SMILES string of the molecule is CCc1ccc(CN2CC[C@]3(CCCNC3)C2)nc1. The van der Waals surface area contributed by atoms with Crippen molar-refractivity contribution in [2.75, 3.05) is 26.2 Å². The third kappa shape index (κ3) is 2.98. The summed E-state index contributed by atoms with van der Waals surface area (Å²) in [5.41, 5.74) is 3.11. The summed E-state index contributed by atoms with van der Waals surface area (Å²) in [4.78, 5) is 7.17. The molecule has 0 unspecified atom stereocenters. The second kappa shape index (κ2) is 5.59. The molecule has 2 fully saturated rings. The topological polar surface area (TPSA) is 28.2 Å². The Morgan fingerprint density at radius 2 is 2.32 bits per heavy atom. The second-order valence-electron chi connectivity index (χ2n) is 6.25. The smallest absolute Gasteiger partial charge is 0.0544 e. The molecular weight excluding hydrogens is 234 g/mol. The summed E-state index contributed by atoms with van der Waals surface area (Å²) in [6, 6.07) is 4.42. The van der Waals surface area contributed by atoms with Gasteiger partial charge in [-0.15, -0.1) is 0 Å². The lowest BCUT2D eigenvalue weighted by Crippen LogP contribution is -2.41. The van der Waals surface area contributed by atoms with Crippen LogP contribution in [0.4, 0.5) is 0 Å². The Morgan fingerprint density at radius 3 is 3.00 bits per heavy atom. The highest BCUT2D eigenvalue weighted by molar-refractivity contribution is 5.14. The van der Waals surface area contributed by atoms with Crippen LogP contribution in [-0.2, 0) is 13.0 Å². The van der Waals surface area contributed by atoms with E-state index in [-0.39, 0.29) is 0 Å². The van der Waals surface area contributed by atoms with E-state index in [1.165, 1.54) is 56.7 Å². The van der Waals surface area contributed by atoms with Crippen molar-refractivity contribution in [2.24, 2.45) is 5.41 Å². The third-order valence-electron chi connectivity index (χ3n) is 4.76. The van der Waals surface area contributed by atoms with Gasteiger partial charge in [0.15, 0.2) is 0 Å². The Bertz CT molecular complexity index is 407. The number of aromatic nitrogens is 1. The predicted octanol–water partition coefficient (Wildman–Crippen LogP) is 2.22. The van der Waals surface area contributed by atoms with Gasteiger partial charge in [-0.2, -0.15) is 0 Å². The van der Waals surface area contributed by atoms with Gasteiger partial charge in [0.1, 0.15) is 0 Å². The minimum absolute atomic E-state index is 0.557. The molecule has 3 heteroatoms. The first kappa shape index (κ1) is 13.1. The van der Waals surface area contributed by atoms with E-state index in [1.54, 1.807) is 0 Å². The van der Waals surface area contributed by atoms with Crippen molar-refractivity contribution < 1.29 is 0 Å². The fourth-order valence-corrected chi connectivity index (χ4v) is 3.53. The van der Waals surface area contributed by atoms with Crippen molar-refractivity contribution >= 4 is 0 Å². The molecule has 2 saturated heterocycles. The molecule has 1 aromatic rings.